The average molecular weight is 412 g/mol. The van der Waals surface area contributed by atoms with Crippen LogP contribution in [0.15, 0.2) is 23.1 Å². The second kappa shape index (κ2) is 7.93. The zero-order chi connectivity index (χ0) is 20.6. The van der Waals surface area contributed by atoms with Crippen molar-refractivity contribution in [2.24, 2.45) is 11.3 Å². The van der Waals surface area contributed by atoms with E-state index in [9.17, 15) is 4.79 Å². The van der Waals surface area contributed by atoms with E-state index in [2.05, 4.69) is 62.0 Å². The summed E-state index contributed by atoms with van der Waals surface area (Å²) in [7, 11) is 0. The maximum atomic E-state index is 13.6. The summed E-state index contributed by atoms with van der Waals surface area (Å²) in [6, 6.07) is 2.41. The summed E-state index contributed by atoms with van der Waals surface area (Å²) in [5, 5.41) is 2.13. The molecule has 156 valence electrons. The van der Waals surface area contributed by atoms with Gasteiger partial charge in [0.1, 0.15) is 0 Å². The van der Waals surface area contributed by atoms with Gasteiger partial charge in [-0.3, -0.25) is 4.79 Å². The van der Waals surface area contributed by atoms with E-state index >= 15 is 0 Å². The Hall–Kier alpha value is -1.57. The molecule has 4 heteroatoms. The number of rotatable bonds is 3. The third kappa shape index (κ3) is 4.95. The number of epoxide rings is 1. The number of ether oxygens (including phenoxy) is 1. The van der Waals surface area contributed by atoms with Crippen LogP contribution in [0.4, 0.5) is 5.69 Å². The van der Waals surface area contributed by atoms with Gasteiger partial charge in [-0.25, -0.2) is 0 Å². The van der Waals surface area contributed by atoms with Crippen LogP contribution in [0.1, 0.15) is 77.5 Å². The third-order valence-corrected chi connectivity index (χ3v) is 7.27. The van der Waals surface area contributed by atoms with E-state index in [4.69, 9.17) is 4.74 Å². The zero-order valence-electron chi connectivity index (χ0n) is 18.2. The zero-order valence-corrected chi connectivity index (χ0v) is 19.0. The van der Waals surface area contributed by atoms with E-state index in [0.717, 1.165) is 62.1 Å². The number of hydrogen-bond donors (Lipinski definition) is 0. The first-order chi connectivity index (χ1) is 13.7. The molecule has 0 radical (unpaired) electrons. The number of anilines is 1. The van der Waals surface area contributed by atoms with Gasteiger partial charge in [0, 0.05) is 22.8 Å². The minimum absolute atomic E-state index is 0.0199. The highest BCUT2D eigenvalue weighted by Gasteiger charge is 2.48. The minimum Gasteiger partial charge on any atom is -0.370 e. The van der Waals surface area contributed by atoms with Crippen molar-refractivity contribution in [1.82, 2.24) is 0 Å². The van der Waals surface area contributed by atoms with E-state index in [-0.39, 0.29) is 23.0 Å². The van der Waals surface area contributed by atoms with Crippen LogP contribution in [-0.2, 0) is 9.53 Å². The lowest BCUT2D eigenvalue weighted by atomic mass is 9.83. The summed E-state index contributed by atoms with van der Waals surface area (Å²) in [5.74, 6) is 7.04. The van der Waals surface area contributed by atoms with Crippen LogP contribution in [0, 0.1) is 23.2 Å². The number of carbonyl (C=O) groups is 1. The van der Waals surface area contributed by atoms with E-state index < -0.39 is 0 Å². The van der Waals surface area contributed by atoms with Gasteiger partial charge >= 0.3 is 0 Å². The Morgan fingerprint density at radius 2 is 2.00 bits per heavy atom. The first kappa shape index (κ1) is 20.7. The molecule has 0 unspecified atom stereocenters. The molecule has 1 saturated heterocycles. The molecule has 4 rings (SSSR count). The van der Waals surface area contributed by atoms with Crippen LogP contribution in [0.2, 0.25) is 0 Å². The molecule has 3 aliphatic rings. The highest BCUT2D eigenvalue weighted by atomic mass is 32.1. The van der Waals surface area contributed by atoms with Crippen LogP contribution in [0.3, 0.4) is 0 Å². The Labute approximate surface area is 179 Å². The second-order valence-corrected chi connectivity index (χ2v) is 11.0. The van der Waals surface area contributed by atoms with Gasteiger partial charge in [0.25, 0.3) is 0 Å². The lowest BCUT2D eigenvalue weighted by Gasteiger charge is -2.38. The molecular weight excluding hydrogens is 378 g/mol. The van der Waals surface area contributed by atoms with Crippen LogP contribution < -0.4 is 4.90 Å². The first-order valence-corrected chi connectivity index (χ1v) is 11.9. The Morgan fingerprint density at radius 1 is 1.28 bits per heavy atom. The molecule has 2 heterocycles. The predicted octanol–water partition coefficient (Wildman–Crippen LogP) is 5.94. The number of carbonyl (C=O) groups excluding carboxylic acids is 1. The number of hydrogen-bond acceptors (Lipinski definition) is 3. The molecule has 1 saturated carbocycles. The molecule has 0 bridgehead atoms. The van der Waals surface area contributed by atoms with Gasteiger partial charge < -0.3 is 9.64 Å². The first-order valence-electron chi connectivity index (χ1n) is 11.0. The standard InChI is InChI=1S/C25H33NO2S/c1-18-5-7-19(8-6-18)23(27)26(20-9-13-25(14-10-20)17-28-25)21-15-22(29-16-21)11-12-24(2,3)4/h5,15-16,19-20H,6-10,13-14,17H2,1-4H3/t19-,20-,25+/m0/s1. The van der Waals surface area contributed by atoms with Gasteiger partial charge in [0.05, 0.1) is 22.8 Å². The second-order valence-electron chi connectivity index (χ2n) is 10.1. The van der Waals surface area contributed by atoms with Gasteiger partial charge in [-0.05, 0) is 78.7 Å². The minimum atomic E-state index is -0.0199. The van der Waals surface area contributed by atoms with Crippen molar-refractivity contribution in [2.75, 3.05) is 11.5 Å². The van der Waals surface area contributed by atoms with E-state index in [0.29, 0.717) is 5.91 Å². The van der Waals surface area contributed by atoms with Crippen molar-refractivity contribution in [1.29, 1.82) is 0 Å². The van der Waals surface area contributed by atoms with E-state index in [1.54, 1.807) is 11.3 Å². The van der Waals surface area contributed by atoms with Crippen molar-refractivity contribution in [3.05, 3.63) is 28.0 Å². The largest absolute Gasteiger partial charge is 0.370 e. The quantitative estimate of drug-likeness (QED) is 0.350. The SMILES string of the molecule is CC1=CC[C@H](C(=O)N(c2csc(C#CC(C)(C)C)c2)[C@H]2CC[C@@]3(CC2)CO3)CC1. The van der Waals surface area contributed by atoms with E-state index in [1.165, 1.54) is 5.57 Å². The molecule has 2 fully saturated rings. The molecule has 1 atom stereocenters. The average Bonchev–Trinajstić information content (AvgIpc) is 3.27. The lowest BCUT2D eigenvalue weighted by molar-refractivity contribution is -0.123. The molecule has 0 N–H and O–H groups in total. The molecule has 2 aliphatic carbocycles. The van der Waals surface area contributed by atoms with E-state index in [1.807, 2.05) is 0 Å². The molecule has 1 amide bonds. The van der Waals surface area contributed by atoms with Crippen molar-refractivity contribution in [3.8, 4) is 11.8 Å². The molecule has 29 heavy (non-hydrogen) atoms. The maximum Gasteiger partial charge on any atom is 0.230 e. The van der Waals surface area contributed by atoms with Crippen molar-refractivity contribution >= 4 is 22.9 Å². The van der Waals surface area contributed by atoms with Gasteiger partial charge in [0.2, 0.25) is 5.91 Å². The molecule has 1 aromatic heterocycles. The Bertz CT molecular complexity index is 849. The maximum absolute atomic E-state index is 13.6. The van der Waals surface area contributed by atoms with Crippen molar-refractivity contribution < 1.29 is 9.53 Å². The van der Waals surface area contributed by atoms with Gasteiger partial charge in [-0.1, -0.05) is 23.5 Å². The van der Waals surface area contributed by atoms with Crippen LogP contribution in [0.25, 0.3) is 0 Å². The predicted molar refractivity (Wildman–Crippen MR) is 120 cm³/mol. The Morgan fingerprint density at radius 3 is 2.59 bits per heavy atom. The van der Waals surface area contributed by atoms with Gasteiger partial charge in [-0.2, -0.15) is 0 Å². The fourth-order valence-electron chi connectivity index (χ4n) is 4.45. The van der Waals surface area contributed by atoms with Gasteiger partial charge in [-0.15, -0.1) is 11.3 Å². The third-order valence-electron chi connectivity index (χ3n) is 6.43. The fraction of sp³-hybridized carbons (Fsp3) is 0.640. The highest BCUT2D eigenvalue weighted by molar-refractivity contribution is 7.11. The topological polar surface area (TPSA) is 32.8 Å². The highest BCUT2D eigenvalue weighted by Crippen LogP contribution is 2.44. The van der Waals surface area contributed by atoms with Crippen LogP contribution in [-0.4, -0.2) is 24.2 Å². The number of thiophene rings is 1. The summed E-state index contributed by atoms with van der Waals surface area (Å²) in [6.07, 6.45) is 9.36. The molecule has 3 nitrogen and oxygen atoms in total. The lowest BCUT2D eigenvalue weighted by Crippen LogP contribution is -2.46. The number of allylic oxidation sites excluding steroid dienone is 2. The summed E-state index contributed by atoms with van der Waals surface area (Å²) >= 11 is 1.66. The van der Waals surface area contributed by atoms with Crippen LogP contribution in [0.5, 0.6) is 0 Å². The number of amides is 1. The Kier molecular flexibility index (Phi) is 5.66. The summed E-state index contributed by atoms with van der Waals surface area (Å²) in [5.41, 5.74) is 2.59. The molecule has 1 aliphatic heterocycles. The van der Waals surface area contributed by atoms with Crippen molar-refractivity contribution in [3.63, 3.8) is 0 Å². The smallest absolute Gasteiger partial charge is 0.230 e. The fourth-order valence-corrected chi connectivity index (χ4v) is 5.18. The molecule has 1 aromatic rings. The molecule has 1 spiro atoms. The van der Waals surface area contributed by atoms with Crippen LogP contribution >= 0.6 is 11.3 Å². The Balaban J connectivity index is 1.57. The molecule has 0 aromatic carbocycles. The van der Waals surface area contributed by atoms with Crippen molar-refractivity contribution in [2.45, 2.75) is 84.3 Å². The number of nitrogens with zero attached hydrogens (tertiary/aromatic N) is 1. The normalized spacial score (nSPS) is 29.0. The molecular formula is C25H33NO2S. The monoisotopic (exact) mass is 411 g/mol. The summed E-state index contributed by atoms with van der Waals surface area (Å²) in [6.45, 7) is 9.46. The summed E-state index contributed by atoms with van der Waals surface area (Å²) < 4.78 is 5.70. The summed E-state index contributed by atoms with van der Waals surface area (Å²) in [4.78, 5) is 16.8. The van der Waals surface area contributed by atoms with Gasteiger partial charge in [0.15, 0.2) is 0 Å².